The van der Waals surface area contributed by atoms with Crippen molar-refractivity contribution in [2.75, 3.05) is 14.2 Å². The van der Waals surface area contributed by atoms with Gasteiger partial charge in [0.25, 0.3) is 0 Å². The number of benzene rings is 1. The van der Waals surface area contributed by atoms with Gasteiger partial charge in [0.1, 0.15) is 6.29 Å². The summed E-state index contributed by atoms with van der Waals surface area (Å²) in [6, 6.07) is 11.2. The summed E-state index contributed by atoms with van der Waals surface area (Å²) in [5.41, 5.74) is 1.09. The van der Waals surface area contributed by atoms with Gasteiger partial charge in [-0.2, -0.15) is 0 Å². The van der Waals surface area contributed by atoms with Crippen molar-refractivity contribution in [3.63, 3.8) is 0 Å². The van der Waals surface area contributed by atoms with Crippen molar-refractivity contribution in [3.8, 4) is 11.5 Å². The summed E-state index contributed by atoms with van der Waals surface area (Å²) in [5.74, 6) is 1.26. The van der Waals surface area contributed by atoms with Crippen molar-refractivity contribution in [2.45, 2.75) is 18.8 Å². The molecule has 1 atom stereocenters. The second-order valence-corrected chi connectivity index (χ2v) is 5.10. The lowest BCUT2D eigenvalue weighted by atomic mass is 9.79. The van der Waals surface area contributed by atoms with E-state index in [4.69, 9.17) is 9.47 Å². The van der Waals surface area contributed by atoms with Gasteiger partial charge in [0.05, 0.1) is 19.6 Å². The molecule has 0 saturated carbocycles. The number of nitrogens with zero attached hydrogens (tertiary/aromatic N) is 1. The zero-order valence-electron chi connectivity index (χ0n) is 12.5. The van der Waals surface area contributed by atoms with Crippen LogP contribution in [0.2, 0.25) is 0 Å². The van der Waals surface area contributed by atoms with Gasteiger partial charge in [0, 0.05) is 18.3 Å². The fourth-order valence-corrected chi connectivity index (χ4v) is 2.28. The summed E-state index contributed by atoms with van der Waals surface area (Å²) in [6.45, 7) is 1.90. The molecule has 1 aromatic carbocycles. The predicted octanol–water partition coefficient (Wildman–Crippen LogP) is 2.80. The van der Waals surface area contributed by atoms with Crippen LogP contribution in [-0.4, -0.2) is 25.5 Å². The van der Waals surface area contributed by atoms with Crippen LogP contribution in [0.3, 0.4) is 0 Å². The molecular formula is C17H19NO3. The lowest BCUT2D eigenvalue weighted by Crippen LogP contribution is -2.27. The van der Waals surface area contributed by atoms with Crippen LogP contribution in [-0.2, 0) is 16.6 Å². The van der Waals surface area contributed by atoms with Crippen LogP contribution in [0.25, 0.3) is 0 Å². The van der Waals surface area contributed by atoms with Gasteiger partial charge < -0.3 is 14.3 Å². The lowest BCUT2D eigenvalue weighted by Gasteiger charge is -2.24. The summed E-state index contributed by atoms with van der Waals surface area (Å²) in [6.07, 6.45) is 3.23. The number of carbonyl (C=O) groups is 1. The number of hydrogen-bond donors (Lipinski definition) is 0. The highest BCUT2D eigenvalue weighted by molar-refractivity contribution is 5.69. The average molecular weight is 285 g/mol. The van der Waals surface area contributed by atoms with Crippen LogP contribution in [0.5, 0.6) is 11.5 Å². The van der Waals surface area contributed by atoms with Gasteiger partial charge in [-0.3, -0.25) is 4.98 Å². The molecule has 0 aliphatic rings. The molecule has 0 aliphatic carbocycles. The smallest absolute Gasteiger partial charge is 0.161 e. The van der Waals surface area contributed by atoms with Crippen LogP contribution < -0.4 is 9.47 Å². The summed E-state index contributed by atoms with van der Waals surface area (Å²) < 4.78 is 10.5. The number of aldehydes is 1. The predicted molar refractivity (Wildman–Crippen MR) is 80.9 cm³/mol. The second-order valence-electron chi connectivity index (χ2n) is 5.10. The minimum absolute atomic E-state index is 0.535. The van der Waals surface area contributed by atoms with E-state index in [0.29, 0.717) is 17.9 Å². The van der Waals surface area contributed by atoms with Crippen molar-refractivity contribution in [3.05, 3.63) is 53.9 Å². The topological polar surface area (TPSA) is 48.4 Å². The van der Waals surface area contributed by atoms with Gasteiger partial charge in [-0.25, -0.2) is 0 Å². The highest BCUT2D eigenvalue weighted by Gasteiger charge is 2.28. The monoisotopic (exact) mass is 285 g/mol. The minimum Gasteiger partial charge on any atom is -0.493 e. The first kappa shape index (κ1) is 15.0. The van der Waals surface area contributed by atoms with Gasteiger partial charge >= 0.3 is 0 Å². The highest BCUT2D eigenvalue weighted by atomic mass is 16.5. The summed E-state index contributed by atoms with van der Waals surface area (Å²) >= 11 is 0. The molecule has 21 heavy (non-hydrogen) atoms. The zero-order valence-corrected chi connectivity index (χ0v) is 12.5. The molecule has 0 radical (unpaired) electrons. The molecule has 1 heterocycles. The fraction of sp³-hybridized carbons (Fsp3) is 0.294. The molecule has 0 aliphatic heterocycles. The van der Waals surface area contributed by atoms with Crippen LogP contribution in [0, 0.1) is 0 Å². The first-order valence-corrected chi connectivity index (χ1v) is 6.71. The molecule has 110 valence electrons. The number of aromatic nitrogens is 1. The van der Waals surface area contributed by atoms with Gasteiger partial charge in [-0.05, 0) is 36.8 Å². The third-order valence-electron chi connectivity index (χ3n) is 3.58. The molecular weight excluding hydrogens is 266 g/mol. The van der Waals surface area contributed by atoms with Crippen molar-refractivity contribution < 1.29 is 14.3 Å². The van der Waals surface area contributed by atoms with Gasteiger partial charge in [-0.1, -0.05) is 12.1 Å². The van der Waals surface area contributed by atoms with Gasteiger partial charge in [0.2, 0.25) is 0 Å². The van der Waals surface area contributed by atoms with E-state index in [1.54, 1.807) is 20.4 Å². The Hall–Kier alpha value is -2.36. The lowest BCUT2D eigenvalue weighted by molar-refractivity contribution is -0.112. The molecule has 2 rings (SSSR count). The molecule has 4 nitrogen and oxygen atoms in total. The largest absolute Gasteiger partial charge is 0.493 e. The Morgan fingerprint density at radius 2 is 1.90 bits per heavy atom. The number of carbonyl (C=O) groups excluding carboxylic acids is 1. The Labute approximate surface area is 124 Å². The average Bonchev–Trinajstić information content (AvgIpc) is 2.54. The number of pyridine rings is 1. The van der Waals surface area contributed by atoms with Crippen molar-refractivity contribution in [2.24, 2.45) is 0 Å². The van der Waals surface area contributed by atoms with E-state index in [-0.39, 0.29) is 0 Å². The Morgan fingerprint density at radius 3 is 2.48 bits per heavy atom. The molecule has 1 unspecified atom stereocenters. The zero-order chi connectivity index (χ0) is 15.3. The Balaban J connectivity index is 2.38. The number of methoxy groups -OCH3 is 2. The first-order chi connectivity index (χ1) is 10.1. The molecule has 0 amide bonds. The normalized spacial score (nSPS) is 13.3. The maximum atomic E-state index is 11.7. The first-order valence-electron chi connectivity index (χ1n) is 6.71. The summed E-state index contributed by atoms with van der Waals surface area (Å²) in [5, 5.41) is 0. The molecule has 0 saturated heterocycles. The SMILES string of the molecule is COc1ccc(C(C)(C=O)Cc2ccccn2)cc1OC. The van der Waals surface area contributed by atoms with E-state index in [0.717, 1.165) is 17.5 Å². The van der Waals surface area contributed by atoms with Crippen molar-refractivity contribution in [1.29, 1.82) is 0 Å². The van der Waals surface area contributed by atoms with Crippen LogP contribution >= 0.6 is 0 Å². The van der Waals surface area contributed by atoms with E-state index in [2.05, 4.69) is 4.98 Å². The molecule has 2 aromatic rings. The molecule has 0 bridgehead atoms. The standard InChI is InChI=1S/C17H19NO3/c1-17(12-19,11-14-6-4-5-9-18-14)13-7-8-15(20-2)16(10-13)21-3/h4-10,12H,11H2,1-3H3. The number of ether oxygens (including phenoxy) is 2. The van der Waals surface area contributed by atoms with Crippen molar-refractivity contribution >= 4 is 6.29 Å². The van der Waals surface area contributed by atoms with Gasteiger partial charge in [0.15, 0.2) is 11.5 Å². The van der Waals surface area contributed by atoms with Crippen LogP contribution in [0.4, 0.5) is 0 Å². The van der Waals surface area contributed by atoms with Crippen LogP contribution in [0.15, 0.2) is 42.6 Å². The minimum atomic E-state index is -0.659. The Kier molecular flexibility index (Phi) is 4.58. The van der Waals surface area contributed by atoms with Crippen LogP contribution in [0.1, 0.15) is 18.2 Å². The van der Waals surface area contributed by atoms with E-state index in [1.807, 2.05) is 43.3 Å². The number of rotatable bonds is 6. The molecule has 0 N–H and O–H groups in total. The van der Waals surface area contributed by atoms with E-state index < -0.39 is 5.41 Å². The highest BCUT2D eigenvalue weighted by Crippen LogP contribution is 2.34. The van der Waals surface area contributed by atoms with Crippen molar-refractivity contribution in [1.82, 2.24) is 4.98 Å². The van der Waals surface area contributed by atoms with E-state index in [9.17, 15) is 4.79 Å². The Bertz CT molecular complexity index is 613. The fourth-order valence-electron chi connectivity index (χ4n) is 2.28. The molecule has 0 fully saturated rings. The molecule has 0 spiro atoms. The molecule has 1 aromatic heterocycles. The van der Waals surface area contributed by atoms with Gasteiger partial charge in [-0.15, -0.1) is 0 Å². The third kappa shape index (κ3) is 3.21. The quantitative estimate of drug-likeness (QED) is 0.766. The maximum absolute atomic E-state index is 11.7. The van der Waals surface area contributed by atoms with E-state index >= 15 is 0 Å². The Morgan fingerprint density at radius 1 is 1.14 bits per heavy atom. The summed E-state index contributed by atoms with van der Waals surface area (Å²) in [7, 11) is 3.17. The molecule has 4 heteroatoms. The van der Waals surface area contributed by atoms with E-state index in [1.165, 1.54) is 0 Å². The number of hydrogen-bond acceptors (Lipinski definition) is 4. The second kappa shape index (κ2) is 6.39. The summed E-state index contributed by atoms with van der Waals surface area (Å²) in [4.78, 5) is 16.0. The maximum Gasteiger partial charge on any atom is 0.161 e. The third-order valence-corrected chi connectivity index (χ3v) is 3.58.